The summed E-state index contributed by atoms with van der Waals surface area (Å²) in [5, 5.41) is 8.69. The Balaban J connectivity index is 0.000000639. The number of carbonyl (C=O) groups is 2. The summed E-state index contributed by atoms with van der Waals surface area (Å²) >= 11 is 0. The van der Waals surface area contributed by atoms with Crippen molar-refractivity contribution in [3.8, 4) is 0 Å². The number of ether oxygens (including phenoxy) is 2. The lowest BCUT2D eigenvalue weighted by molar-refractivity contribution is -0.155. The Morgan fingerprint density at radius 1 is 0.714 bits per heavy atom. The first-order chi connectivity index (χ1) is 19.4. The van der Waals surface area contributed by atoms with Crippen LogP contribution in [0, 0.1) is 16.7 Å². The summed E-state index contributed by atoms with van der Waals surface area (Å²) in [7, 11) is -8.67. The monoisotopic (exact) mass is 626 g/mol. The van der Waals surface area contributed by atoms with Gasteiger partial charge in [-0.15, -0.1) is 0 Å². The van der Waals surface area contributed by atoms with Crippen molar-refractivity contribution in [3.05, 3.63) is 60.7 Å². The second-order valence-corrected chi connectivity index (χ2v) is 15.8. The first-order valence-corrected chi connectivity index (χ1v) is 17.6. The van der Waals surface area contributed by atoms with Crippen LogP contribution in [0.15, 0.2) is 60.7 Å². The topological polar surface area (TPSA) is 163 Å². The van der Waals surface area contributed by atoms with Gasteiger partial charge in [-0.2, -0.15) is 0 Å². The summed E-state index contributed by atoms with van der Waals surface area (Å²) in [6, 6.07) is 15.8. The molecule has 42 heavy (non-hydrogen) atoms. The van der Waals surface area contributed by atoms with Crippen molar-refractivity contribution in [2.75, 3.05) is 19.8 Å². The van der Waals surface area contributed by atoms with Crippen LogP contribution < -0.4 is 10.4 Å². The number of hydrogen-bond donors (Lipinski definition) is 5. The number of aliphatic hydroxyl groups is 1. The van der Waals surface area contributed by atoms with Crippen LogP contribution in [-0.4, -0.2) is 73.7 Å². The van der Waals surface area contributed by atoms with Gasteiger partial charge in [-0.3, -0.25) is 9.59 Å². The molecule has 0 radical (unpaired) electrons. The highest BCUT2D eigenvalue weighted by molar-refractivity contribution is 6.85. The van der Waals surface area contributed by atoms with Crippen molar-refractivity contribution in [2.24, 2.45) is 16.7 Å². The molecule has 0 aliphatic rings. The number of hydrogen-bond acceptors (Lipinski definition) is 10. The van der Waals surface area contributed by atoms with E-state index < -0.39 is 23.0 Å². The van der Waals surface area contributed by atoms with Crippen LogP contribution in [0.3, 0.4) is 0 Å². The molecule has 0 aliphatic heterocycles. The van der Waals surface area contributed by atoms with E-state index in [9.17, 15) is 28.8 Å². The maximum Gasteiger partial charge on any atom is 0.524 e. The molecule has 0 bridgehead atoms. The molecule has 2 rings (SSSR count). The van der Waals surface area contributed by atoms with E-state index in [0.717, 1.165) is 12.8 Å². The molecule has 0 heterocycles. The highest BCUT2D eigenvalue weighted by Gasteiger charge is 2.48. The molecule has 0 aromatic heterocycles. The third-order valence-electron chi connectivity index (χ3n) is 6.33. The molecular formula is C30H50O10Si2. The molecule has 0 aliphatic carbocycles. The van der Waals surface area contributed by atoms with Gasteiger partial charge in [0.25, 0.3) is 0 Å². The Hall–Kier alpha value is -2.43. The Morgan fingerprint density at radius 3 is 1.38 bits per heavy atom. The SMILES string of the molecule is CCC(C)(C)C(=O)OCC(C)C.CCC(C)(C)C(=O)OCCO.O[Si](O)(O[Si](O)(O)c1ccccc1)c1ccccc1. The van der Waals surface area contributed by atoms with E-state index in [-0.39, 0.29) is 40.9 Å². The largest absolute Gasteiger partial charge is 0.524 e. The fourth-order valence-electron chi connectivity index (χ4n) is 2.69. The first-order valence-electron chi connectivity index (χ1n) is 14.0. The van der Waals surface area contributed by atoms with Gasteiger partial charge in [0.1, 0.15) is 6.61 Å². The van der Waals surface area contributed by atoms with Gasteiger partial charge < -0.3 is 37.9 Å². The van der Waals surface area contributed by atoms with Crippen LogP contribution in [0.25, 0.3) is 0 Å². The van der Waals surface area contributed by atoms with Crippen molar-refractivity contribution in [3.63, 3.8) is 0 Å². The number of carbonyl (C=O) groups excluding carboxylic acids is 2. The third kappa shape index (κ3) is 14.6. The van der Waals surface area contributed by atoms with Crippen LogP contribution in [-0.2, 0) is 23.2 Å². The van der Waals surface area contributed by atoms with Crippen LogP contribution in [0.4, 0.5) is 0 Å². The van der Waals surface area contributed by atoms with Crippen LogP contribution in [0.1, 0.15) is 68.2 Å². The number of aliphatic hydroxyl groups excluding tert-OH is 1. The zero-order valence-electron chi connectivity index (χ0n) is 26.2. The lowest BCUT2D eigenvalue weighted by Gasteiger charge is -2.25. The zero-order valence-corrected chi connectivity index (χ0v) is 28.2. The molecule has 0 saturated carbocycles. The summed E-state index contributed by atoms with van der Waals surface area (Å²) in [4.78, 5) is 62.4. The van der Waals surface area contributed by atoms with E-state index in [1.807, 2.05) is 55.4 Å². The summed E-state index contributed by atoms with van der Waals surface area (Å²) in [5.74, 6) is 0.0920. The second-order valence-electron chi connectivity index (χ2n) is 11.4. The summed E-state index contributed by atoms with van der Waals surface area (Å²) in [5.41, 5.74) is -0.746. The van der Waals surface area contributed by atoms with Gasteiger partial charge >= 0.3 is 29.5 Å². The number of benzene rings is 2. The number of esters is 2. The predicted molar refractivity (Wildman–Crippen MR) is 166 cm³/mol. The molecule has 238 valence electrons. The zero-order chi connectivity index (χ0) is 32.6. The minimum absolute atomic E-state index is 0.0845. The Kier molecular flexibility index (Phi) is 17.2. The van der Waals surface area contributed by atoms with Gasteiger partial charge in [0.15, 0.2) is 0 Å². The van der Waals surface area contributed by atoms with Gasteiger partial charge in [-0.1, -0.05) is 88.4 Å². The van der Waals surface area contributed by atoms with E-state index >= 15 is 0 Å². The van der Waals surface area contributed by atoms with Crippen molar-refractivity contribution in [2.45, 2.75) is 68.2 Å². The van der Waals surface area contributed by atoms with E-state index in [2.05, 4.69) is 0 Å². The van der Waals surface area contributed by atoms with E-state index in [1.165, 1.54) is 24.3 Å². The van der Waals surface area contributed by atoms with Crippen molar-refractivity contribution in [1.82, 2.24) is 0 Å². The summed E-state index contributed by atoms with van der Waals surface area (Å²) < 4.78 is 14.8. The van der Waals surface area contributed by atoms with Crippen molar-refractivity contribution < 1.29 is 47.5 Å². The Morgan fingerprint density at radius 2 is 1.07 bits per heavy atom. The quantitative estimate of drug-likeness (QED) is 0.174. The maximum atomic E-state index is 11.4. The molecule has 0 unspecified atom stereocenters. The van der Waals surface area contributed by atoms with Gasteiger partial charge in [0, 0.05) is 10.4 Å². The highest BCUT2D eigenvalue weighted by Crippen LogP contribution is 2.22. The Bertz CT molecular complexity index is 993. The van der Waals surface area contributed by atoms with E-state index in [4.69, 9.17) is 18.7 Å². The third-order valence-corrected chi connectivity index (χ3v) is 10.8. The fourth-order valence-corrected chi connectivity index (χ4v) is 6.47. The predicted octanol–water partition coefficient (Wildman–Crippen LogP) is 2.24. The standard InChI is InChI=1S/C12H14O5Si2.C10H20O2.C8H16O3/c13-18(14,11-7-3-1-4-8-11)17-19(15,16)12-9-5-2-6-10-12;1-6-10(4,5)9(11)12-7-8(2)3;1-4-8(2,3)7(10)11-6-5-9/h1-10,13-16H;8H,6-7H2,1-5H3;9H,4-6H2,1-3H3. The minimum atomic E-state index is -4.34. The van der Waals surface area contributed by atoms with Crippen molar-refractivity contribution >= 4 is 39.9 Å². The average molecular weight is 627 g/mol. The van der Waals surface area contributed by atoms with Gasteiger partial charge in [0.05, 0.1) is 24.0 Å². The molecule has 10 nitrogen and oxygen atoms in total. The molecule has 2 aromatic rings. The molecular weight excluding hydrogens is 576 g/mol. The van der Waals surface area contributed by atoms with Crippen LogP contribution in [0.5, 0.6) is 0 Å². The summed E-state index contributed by atoms with van der Waals surface area (Å²) in [6.45, 7) is 16.0. The number of rotatable bonds is 12. The molecule has 0 atom stereocenters. The van der Waals surface area contributed by atoms with Crippen LogP contribution in [0.2, 0.25) is 0 Å². The Labute approximate surface area is 252 Å². The van der Waals surface area contributed by atoms with Gasteiger partial charge in [0.2, 0.25) is 0 Å². The highest BCUT2D eigenvalue weighted by atomic mass is 28.5. The fraction of sp³-hybridized carbons (Fsp3) is 0.533. The van der Waals surface area contributed by atoms with Crippen molar-refractivity contribution in [1.29, 1.82) is 0 Å². The normalized spacial score (nSPS) is 12.0. The lowest BCUT2D eigenvalue weighted by Crippen LogP contribution is -2.64. The smallest absolute Gasteiger partial charge is 0.465 e. The molecule has 0 fully saturated rings. The first kappa shape index (κ1) is 39.6. The molecule has 0 saturated heterocycles. The molecule has 2 aromatic carbocycles. The average Bonchev–Trinajstić information content (AvgIpc) is 2.95. The molecule has 0 spiro atoms. The van der Waals surface area contributed by atoms with Crippen LogP contribution >= 0.6 is 0 Å². The second kappa shape index (κ2) is 18.3. The van der Waals surface area contributed by atoms with E-state index in [0.29, 0.717) is 12.5 Å². The maximum absolute atomic E-state index is 11.4. The lowest BCUT2D eigenvalue weighted by atomic mass is 9.91. The van der Waals surface area contributed by atoms with Gasteiger partial charge in [-0.05, 0) is 46.5 Å². The molecule has 0 amide bonds. The molecule has 12 heteroatoms. The minimum Gasteiger partial charge on any atom is -0.465 e. The van der Waals surface area contributed by atoms with E-state index in [1.54, 1.807) is 36.4 Å². The van der Waals surface area contributed by atoms with Gasteiger partial charge in [-0.25, -0.2) is 0 Å². The molecule has 5 N–H and O–H groups in total. The summed E-state index contributed by atoms with van der Waals surface area (Å²) in [6.07, 6.45) is 1.57.